The molecule has 22 heavy (non-hydrogen) atoms. The third kappa shape index (κ3) is 5.50. The molecular weight excluding hydrogens is 278 g/mol. The molecule has 5 nitrogen and oxygen atoms in total. The monoisotopic (exact) mass is 309 g/mol. The molecule has 5 heteroatoms. The molecule has 1 heterocycles. The van der Waals surface area contributed by atoms with Gasteiger partial charge >= 0.3 is 6.03 Å². The van der Waals surface area contributed by atoms with E-state index >= 15 is 0 Å². The van der Waals surface area contributed by atoms with Crippen LogP contribution in [0.25, 0.3) is 0 Å². The summed E-state index contributed by atoms with van der Waals surface area (Å²) in [7, 11) is 0. The lowest BCUT2D eigenvalue weighted by atomic mass is 9.95. The van der Waals surface area contributed by atoms with Gasteiger partial charge in [-0.25, -0.2) is 4.79 Å². The minimum absolute atomic E-state index is 0.0858. The molecule has 1 aliphatic heterocycles. The molecule has 0 spiro atoms. The molecule has 2 rings (SSSR count). The molecule has 2 N–H and O–H groups in total. The molecule has 126 valence electrons. The van der Waals surface area contributed by atoms with Crippen molar-refractivity contribution in [1.82, 2.24) is 15.5 Å². The Kier molecular flexibility index (Phi) is 7.00. The van der Waals surface area contributed by atoms with E-state index in [4.69, 9.17) is 0 Å². The predicted molar refractivity (Wildman–Crippen MR) is 87.7 cm³/mol. The van der Waals surface area contributed by atoms with Crippen molar-refractivity contribution in [3.63, 3.8) is 0 Å². The zero-order chi connectivity index (χ0) is 15.8. The Morgan fingerprint density at radius 3 is 2.23 bits per heavy atom. The SMILES string of the molecule is CCCCC(=O)NC1CCN(C(=O)NC2CCCCC2)CC1. The number of urea groups is 1. The average Bonchev–Trinajstić information content (AvgIpc) is 2.54. The van der Waals surface area contributed by atoms with Crippen LogP contribution in [0, 0.1) is 0 Å². The normalized spacial score (nSPS) is 20.7. The van der Waals surface area contributed by atoms with Crippen molar-refractivity contribution in [3.8, 4) is 0 Å². The Bertz CT molecular complexity index is 359. The summed E-state index contributed by atoms with van der Waals surface area (Å²) in [5.41, 5.74) is 0. The molecule has 0 aromatic carbocycles. The van der Waals surface area contributed by atoms with E-state index in [1.165, 1.54) is 19.3 Å². The number of nitrogens with zero attached hydrogens (tertiary/aromatic N) is 1. The topological polar surface area (TPSA) is 61.4 Å². The third-order valence-electron chi connectivity index (χ3n) is 4.84. The van der Waals surface area contributed by atoms with Crippen LogP contribution >= 0.6 is 0 Å². The first-order chi connectivity index (χ1) is 10.7. The molecule has 3 amide bonds. The van der Waals surface area contributed by atoms with Crippen LogP contribution in [0.15, 0.2) is 0 Å². The lowest BCUT2D eigenvalue weighted by molar-refractivity contribution is -0.122. The quantitative estimate of drug-likeness (QED) is 0.820. The molecule has 1 aliphatic carbocycles. The number of piperidine rings is 1. The molecule has 1 saturated carbocycles. The lowest BCUT2D eigenvalue weighted by Crippen LogP contribution is -2.51. The second-order valence-electron chi connectivity index (χ2n) is 6.72. The summed E-state index contributed by atoms with van der Waals surface area (Å²) in [4.78, 5) is 25.9. The van der Waals surface area contributed by atoms with Gasteiger partial charge in [0.15, 0.2) is 0 Å². The number of hydrogen-bond donors (Lipinski definition) is 2. The summed E-state index contributed by atoms with van der Waals surface area (Å²) in [5.74, 6) is 0.159. The van der Waals surface area contributed by atoms with Crippen molar-refractivity contribution < 1.29 is 9.59 Å². The molecular formula is C17H31N3O2. The Balaban J connectivity index is 1.65. The second-order valence-corrected chi connectivity index (χ2v) is 6.72. The largest absolute Gasteiger partial charge is 0.353 e. The van der Waals surface area contributed by atoms with E-state index in [0.29, 0.717) is 12.5 Å². The van der Waals surface area contributed by atoms with Crippen LogP contribution in [-0.2, 0) is 4.79 Å². The van der Waals surface area contributed by atoms with Gasteiger partial charge in [0.25, 0.3) is 0 Å². The highest BCUT2D eigenvalue weighted by Gasteiger charge is 2.25. The van der Waals surface area contributed by atoms with Crippen LogP contribution in [-0.4, -0.2) is 42.0 Å². The standard InChI is InChI=1S/C17H31N3O2/c1-2-3-9-16(21)18-15-10-12-20(13-11-15)17(22)19-14-7-5-4-6-8-14/h14-15H,2-13H2,1H3,(H,18,21)(H,19,22). The van der Waals surface area contributed by atoms with Gasteiger partial charge in [0.2, 0.25) is 5.91 Å². The van der Waals surface area contributed by atoms with Crippen molar-refractivity contribution in [3.05, 3.63) is 0 Å². The van der Waals surface area contributed by atoms with Crippen LogP contribution in [0.1, 0.15) is 71.1 Å². The summed E-state index contributed by atoms with van der Waals surface area (Å²) in [6.45, 7) is 3.59. The van der Waals surface area contributed by atoms with Gasteiger partial charge in [-0.3, -0.25) is 4.79 Å². The van der Waals surface area contributed by atoms with Gasteiger partial charge in [-0.1, -0.05) is 32.6 Å². The zero-order valence-corrected chi connectivity index (χ0v) is 13.9. The van der Waals surface area contributed by atoms with Gasteiger partial charge in [0.05, 0.1) is 0 Å². The van der Waals surface area contributed by atoms with Gasteiger partial charge in [-0.05, 0) is 32.1 Å². The highest BCUT2D eigenvalue weighted by Crippen LogP contribution is 2.18. The maximum Gasteiger partial charge on any atom is 0.317 e. The second kappa shape index (κ2) is 9.01. The van der Waals surface area contributed by atoms with Crippen LogP contribution in [0.5, 0.6) is 0 Å². The van der Waals surface area contributed by atoms with Crippen molar-refractivity contribution in [1.29, 1.82) is 0 Å². The Morgan fingerprint density at radius 1 is 0.955 bits per heavy atom. The van der Waals surface area contributed by atoms with Gasteiger partial charge in [0, 0.05) is 31.6 Å². The number of rotatable bonds is 5. The first-order valence-corrected chi connectivity index (χ1v) is 9.04. The minimum Gasteiger partial charge on any atom is -0.353 e. The van der Waals surface area contributed by atoms with Crippen molar-refractivity contribution in [2.75, 3.05) is 13.1 Å². The Hall–Kier alpha value is -1.26. The summed E-state index contributed by atoms with van der Waals surface area (Å²) >= 11 is 0. The number of unbranched alkanes of at least 4 members (excludes halogenated alkanes) is 1. The first-order valence-electron chi connectivity index (χ1n) is 9.04. The van der Waals surface area contributed by atoms with Crippen molar-refractivity contribution >= 4 is 11.9 Å². The zero-order valence-electron chi connectivity index (χ0n) is 13.9. The molecule has 0 bridgehead atoms. The van der Waals surface area contributed by atoms with Crippen LogP contribution in [0.2, 0.25) is 0 Å². The van der Waals surface area contributed by atoms with Crippen molar-refractivity contribution in [2.24, 2.45) is 0 Å². The summed E-state index contributed by atoms with van der Waals surface area (Å²) in [5, 5.41) is 6.27. The third-order valence-corrected chi connectivity index (χ3v) is 4.84. The molecule has 0 atom stereocenters. The van der Waals surface area contributed by atoms with E-state index in [2.05, 4.69) is 17.6 Å². The minimum atomic E-state index is 0.0858. The van der Waals surface area contributed by atoms with E-state index in [1.807, 2.05) is 4.90 Å². The summed E-state index contributed by atoms with van der Waals surface area (Å²) in [6.07, 6.45) is 10.4. The van der Waals surface area contributed by atoms with E-state index in [1.54, 1.807) is 0 Å². The molecule has 1 saturated heterocycles. The van der Waals surface area contributed by atoms with E-state index in [0.717, 1.165) is 51.6 Å². The molecule has 0 unspecified atom stereocenters. The van der Waals surface area contributed by atoms with Gasteiger partial charge in [-0.15, -0.1) is 0 Å². The number of likely N-dealkylation sites (tertiary alicyclic amines) is 1. The van der Waals surface area contributed by atoms with Gasteiger partial charge < -0.3 is 15.5 Å². The van der Waals surface area contributed by atoms with Crippen LogP contribution < -0.4 is 10.6 Å². The molecule has 2 fully saturated rings. The number of carbonyl (C=O) groups excluding carboxylic acids is 2. The van der Waals surface area contributed by atoms with E-state index < -0.39 is 0 Å². The molecule has 2 aliphatic rings. The van der Waals surface area contributed by atoms with E-state index in [-0.39, 0.29) is 18.0 Å². The smallest absolute Gasteiger partial charge is 0.317 e. The fraction of sp³-hybridized carbons (Fsp3) is 0.882. The van der Waals surface area contributed by atoms with Gasteiger partial charge in [0.1, 0.15) is 0 Å². The Labute approximate surface area is 134 Å². The highest BCUT2D eigenvalue weighted by molar-refractivity contribution is 5.76. The average molecular weight is 309 g/mol. The maximum absolute atomic E-state index is 12.3. The number of amides is 3. The maximum atomic E-state index is 12.3. The van der Waals surface area contributed by atoms with Crippen molar-refractivity contribution in [2.45, 2.75) is 83.2 Å². The lowest BCUT2D eigenvalue weighted by Gasteiger charge is -2.34. The molecule has 0 aromatic rings. The number of hydrogen-bond acceptors (Lipinski definition) is 2. The van der Waals surface area contributed by atoms with E-state index in [9.17, 15) is 9.59 Å². The Morgan fingerprint density at radius 2 is 1.59 bits per heavy atom. The fourth-order valence-corrected chi connectivity index (χ4v) is 3.38. The van der Waals surface area contributed by atoms with Crippen LogP contribution in [0.3, 0.4) is 0 Å². The summed E-state index contributed by atoms with van der Waals surface area (Å²) < 4.78 is 0. The summed E-state index contributed by atoms with van der Waals surface area (Å²) in [6, 6.07) is 0.693. The predicted octanol–water partition coefficient (Wildman–Crippen LogP) is 2.80. The fourth-order valence-electron chi connectivity index (χ4n) is 3.38. The molecule has 0 aromatic heterocycles. The first kappa shape index (κ1) is 17.1. The molecule has 0 radical (unpaired) electrons. The van der Waals surface area contributed by atoms with Crippen LogP contribution in [0.4, 0.5) is 4.79 Å². The highest BCUT2D eigenvalue weighted by atomic mass is 16.2. The number of carbonyl (C=O) groups is 2. The number of nitrogens with one attached hydrogen (secondary N) is 2. The van der Waals surface area contributed by atoms with Gasteiger partial charge in [-0.2, -0.15) is 0 Å².